The molecule has 1 aliphatic heterocycles. The zero-order chi connectivity index (χ0) is 17.8. The number of rotatable bonds is 5. The Hall–Kier alpha value is -2.73. The molecule has 0 spiro atoms. The average molecular weight is 349 g/mol. The van der Waals surface area contributed by atoms with Gasteiger partial charge in [0.2, 0.25) is 0 Å². The highest BCUT2D eigenvalue weighted by atomic mass is 16.5. The van der Waals surface area contributed by atoms with Gasteiger partial charge in [0.05, 0.1) is 19.0 Å². The quantitative estimate of drug-likeness (QED) is 0.709. The molecule has 1 atom stereocenters. The molecule has 4 rings (SSSR count). The van der Waals surface area contributed by atoms with Crippen LogP contribution in [0.15, 0.2) is 55.4 Å². The standard InChI is InChI=1S/C20H23N5O/c1-26-18-6-4-16(5-7-18)13-24-9-2-3-17(14-24)19-11-22-12-20(23-19)25-10-8-21-15-25/h4-8,10-12,15,17H,2-3,9,13-14H2,1H3/t17-/m0/s1. The van der Waals surface area contributed by atoms with E-state index in [0.29, 0.717) is 5.92 Å². The Morgan fingerprint density at radius 3 is 2.81 bits per heavy atom. The van der Waals surface area contributed by atoms with E-state index >= 15 is 0 Å². The van der Waals surface area contributed by atoms with Gasteiger partial charge in [0.1, 0.15) is 12.1 Å². The van der Waals surface area contributed by atoms with Crippen LogP contribution in [-0.4, -0.2) is 44.6 Å². The first kappa shape index (κ1) is 16.7. The van der Waals surface area contributed by atoms with Crippen LogP contribution in [0.4, 0.5) is 0 Å². The number of hydrogen-bond donors (Lipinski definition) is 0. The molecule has 0 saturated carbocycles. The first-order valence-electron chi connectivity index (χ1n) is 8.97. The fraction of sp³-hybridized carbons (Fsp3) is 0.350. The molecule has 6 nitrogen and oxygen atoms in total. The molecule has 3 aromatic rings. The Bertz CT molecular complexity index is 832. The summed E-state index contributed by atoms with van der Waals surface area (Å²) in [6.07, 6.45) is 11.4. The molecular formula is C20H23N5O. The summed E-state index contributed by atoms with van der Waals surface area (Å²) in [6.45, 7) is 3.08. The second kappa shape index (κ2) is 7.66. The number of likely N-dealkylation sites (tertiary alicyclic amines) is 1. The van der Waals surface area contributed by atoms with Gasteiger partial charge < -0.3 is 4.74 Å². The lowest BCUT2D eigenvalue weighted by Crippen LogP contribution is -2.34. The third-order valence-electron chi connectivity index (χ3n) is 4.90. The summed E-state index contributed by atoms with van der Waals surface area (Å²) in [5, 5.41) is 0. The maximum absolute atomic E-state index is 5.24. The highest BCUT2D eigenvalue weighted by molar-refractivity contribution is 5.27. The fourth-order valence-corrected chi connectivity index (χ4v) is 3.52. The van der Waals surface area contributed by atoms with Gasteiger partial charge in [-0.05, 0) is 37.1 Å². The maximum atomic E-state index is 5.24. The maximum Gasteiger partial charge on any atom is 0.156 e. The molecule has 0 unspecified atom stereocenters. The van der Waals surface area contributed by atoms with Crippen molar-refractivity contribution in [1.82, 2.24) is 24.4 Å². The molecule has 0 aliphatic carbocycles. The highest BCUT2D eigenvalue weighted by Crippen LogP contribution is 2.27. The van der Waals surface area contributed by atoms with E-state index in [1.165, 1.54) is 12.0 Å². The number of ether oxygens (including phenoxy) is 1. The van der Waals surface area contributed by atoms with Crippen molar-refractivity contribution in [2.75, 3.05) is 20.2 Å². The number of aromatic nitrogens is 4. The van der Waals surface area contributed by atoms with E-state index in [-0.39, 0.29) is 0 Å². The summed E-state index contributed by atoms with van der Waals surface area (Å²) in [5.41, 5.74) is 2.38. The van der Waals surface area contributed by atoms with Gasteiger partial charge in [0.15, 0.2) is 5.82 Å². The van der Waals surface area contributed by atoms with Gasteiger partial charge >= 0.3 is 0 Å². The summed E-state index contributed by atoms with van der Waals surface area (Å²) in [6, 6.07) is 8.33. The first-order chi connectivity index (χ1) is 12.8. The van der Waals surface area contributed by atoms with E-state index in [1.54, 1.807) is 25.8 Å². The van der Waals surface area contributed by atoms with Gasteiger partial charge in [-0.25, -0.2) is 9.97 Å². The van der Waals surface area contributed by atoms with Crippen LogP contribution in [0.3, 0.4) is 0 Å². The summed E-state index contributed by atoms with van der Waals surface area (Å²) < 4.78 is 7.14. The van der Waals surface area contributed by atoms with E-state index in [9.17, 15) is 0 Å². The highest BCUT2D eigenvalue weighted by Gasteiger charge is 2.23. The second-order valence-corrected chi connectivity index (χ2v) is 6.69. The molecule has 6 heteroatoms. The molecule has 0 N–H and O–H groups in total. The minimum absolute atomic E-state index is 0.415. The summed E-state index contributed by atoms with van der Waals surface area (Å²) >= 11 is 0. The molecular weight excluding hydrogens is 326 g/mol. The number of piperidine rings is 1. The van der Waals surface area contributed by atoms with Gasteiger partial charge in [-0.3, -0.25) is 14.5 Å². The molecule has 134 valence electrons. The van der Waals surface area contributed by atoms with Crippen LogP contribution in [0.5, 0.6) is 5.75 Å². The van der Waals surface area contributed by atoms with Crippen LogP contribution in [0.1, 0.15) is 30.0 Å². The lowest BCUT2D eigenvalue weighted by molar-refractivity contribution is 0.198. The van der Waals surface area contributed by atoms with E-state index < -0.39 is 0 Å². The van der Waals surface area contributed by atoms with Crippen molar-refractivity contribution in [3.05, 3.63) is 66.6 Å². The fourth-order valence-electron chi connectivity index (χ4n) is 3.52. The lowest BCUT2D eigenvalue weighted by Gasteiger charge is -2.32. The molecule has 0 amide bonds. The van der Waals surface area contributed by atoms with Crippen LogP contribution in [0, 0.1) is 0 Å². The van der Waals surface area contributed by atoms with Crippen molar-refractivity contribution in [3.63, 3.8) is 0 Å². The monoisotopic (exact) mass is 349 g/mol. The van der Waals surface area contributed by atoms with Crippen LogP contribution in [-0.2, 0) is 6.54 Å². The molecule has 0 radical (unpaired) electrons. The molecule has 2 aromatic heterocycles. The van der Waals surface area contributed by atoms with Crippen LogP contribution in [0.2, 0.25) is 0 Å². The first-order valence-corrected chi connectivity index (χ1v) is 8.97. The molecule has 1 fully saturated rings. The van der Waals surface area contributed by atoms with Crippen molar-refractivity contribution >= 4 is 0 Å². The number of nitrogens with zero attached hydrogens (tertiary/aromatic N) is 5. The number of hydrogen-bond acceptors (Lipinski definition) is 5. The Labute approximate surface area is 153 Å². The normalized spacial score (nSPS) is 18.0. The van der Waals surface area contributed by atoms with Crippen molar-refractivity contribution in [2.24, 2.45) is 0 Å². The zero-order valence-electron chi connectivity index (χ0n) is 15.0. The summed E-state index contributed by atoms with van der Waals surface area (Å²) in [4.78, 5) is 15.8. The Kier molecular flexibility index (Phi) is 4.93. The van der Waals surface area contributed by atoms with Gasteiger partial charge in [0.25, 0.3) is 0 Å². The van der Waals surface area contributed by atoms with Gasteiger partial charge in [-0.1, -0.05) is 12.1 Å². The van der Waals surface area contributed by atoms with Gasteiger partial charge in [0, 0.05) is 37.6 Å². The third kappa shape index (κ3) is 3.75. The molecule has 1 saturated heterocycles. The van der Waals surface area contributed by atoms with E-state index in [1.807, 2.05) is 29.1 Å². The molecule has 0 bridgehead atoms. The largest absolute Gasteiger partial charge is 0.497 e. The molecule has 3 heterocycles. The average Bonchev–Trinajstić information content (AvgIpc) is 3.24. The summed E-state index contributed by atoms with van der Waals surface area (Å²) in [7, 11) is 1.70. The number of benzene rings is 1. The predicted molar refractivity (Wildman–Crippen MR) is 99.4 cm³/mol. The predicted octanol–water partition coefficient (Wildman–Crippen LogP) is 3.05. The van der Waals surface area contributed by atoms with Crippen LogP contribution >= 0.6 is 0 Å². The van der Waals surface area contributed by atoms with Crippen molar-refractivity contribution in [3.8, 4) is 11.6 Å². The summed E-state index contributed by atoms with van der Waals surface area (Å²) in [5.74, 6) is 2.14. The van der Waals surface area contributed by atoms with Gasteiger partial charge in [-0.15, -0.1) is 0 Å². The minimum atomic E-state index is 0.415. The Morgan fingerprint density at radius 2 is 2.04 bits per heavy atom. The van der Waals surface area contributed by atoms with E-state index in [4.69, 9.17) is 9.72 Å². The van der Waals surface area contributed by atoms with E-state index in [0.717, 1.165) is 43.3 Å². The molecule has 26 heavy (non-hydrogen) atoms. The number of imidazole rings is 1. The Morgan fingerprint density at radius 1 is 1.15 bits per heavy atom. The van der Waals surface area contributed by atoms with Crippen LogP contribution in [0.25, 0.3) is 5.82 Å². The topological polar surface area (TPSA) is 56.1 Å². The smallest absolute Gasteiger partial charge is 0.156 e. The van der Waals surface area contributed by atoms with E-state index in [2.05, 4.69) is 27.0 Å². The lowest BCUT2D eigenvalue weighted by atomic mass is 9.94. The minimum Gasteiger partial charge on any atom is -0.497 e. The van der Waals surface area contributed by atoms with Gasteiger partial charge in [-0.2, -0.15) is 0 Å². The Balaban J connectivity index is 1.45. The van der Waals surface area contributed by atoms with Crippen molar-refractivity contribution in [1.29, 1.82) is 0 Å². The number of methoxy groups -OCH3 is 1. The van der Waals surface area contributed by atoms with Crippen molar-refractivity contribution < 1.29 is 4.74 Å². The molecule has 1 aromatic carbocycles. The third-order valence-corrected chi connectivity index (χ3v) is 4.90. The van der Waals surface area contributed by atoms with Crippen molar-refractivity contribution in [2.45, 2.75) is 25.3 Å². The SMILES string of the molecule is COc1ccc(CN2CCC[C@H](c3cncc(-n4ccnc4)n3)C2)cc1. The second-order valence-electron chi connectivity index (χ2n) is 6.69. The van der Waals surface area contributed by atoms with Crippen LogP contribution < -0.4 is 4.74 Å². The molecule has 1 aliphatic rings. The zero-order valence-corrected chi connectivity index (χ0v) is 15.0.